The fraction of sp³-hybridized carbons (Fsp3) is 0.500. The van der Waals surface area contributed by atoms with E-state index in [0.29, 0.717) is 0 Å². The molecule has 0 atom stereocenters. The summed E-state index contributed by atoms with van der Waals surface area (Å²) in [5.41, 5.74) is 2.47. The summed E-state index contributed by atoms with van der Waals surface area (Å²) in [5.74, 6) is 0. The van der Waals surface area contributed by atoms with E-state index >= 15 is 0 Å². The van der Waals surface area contributed by atoms with E-state index in [1.165, 1.54) is 5.71 Å². The molecule has 0 aromatic rings. The van der Waals surface area contributed by atoms with Gasteiger partial charge in [0.2, 0.25) is 0 Å². The van der Waals surface area contributed by atoms with Crippen molar-refractivity contribution in [2.45, 2.75) is 41.0 Å². The van der Waals surface area contributed by atoms with Crippen LogP contribution in [-0.4, -0.2) is 10.3 Å². The molecule has 0 spiro atoms. The van der Waals surface area contributed by atoms with Crippen LogP contribution in [0.1, 0.15) is 41.0 Å². The fourth-order valence-corrected chi connectivity index (χ4v) is 1.51. The van der Waals surface area contributed by atoms with Crippen molar-refractivity contribution in [1.82, 2.24) is 0 Å². The Kier molecular flexibility index (Phi) is 5.27. The Bertz CT molecular complexity index is 303. The molecule has 0 fully saturated rings. The molecule has 0 aliphatic rings. The van der Waals surface area contributed by atoms with Crippen molar-refractivity contribution >= 4 is 5.71 Å². The van der Waals surface area contributed by atoms with Gasteiger partial charge in [0.25, 0.3) is 0 Å². The van der Waals surface area contributed by atoms with Crippen LogP contribution in [-0.2, 0) is 0 Å². The number of nitrogens with zero attached hydrogens (tertiary/aromatic N) is 1. The second-order valence-electron chi connectivity index (χ2n) is 4.55. The maximum Gasteiger partial charge on any atom is 0.176 e. The van der Waals surface area contributed by atoms with E-state index in [1.807, 2.05) is 26.0 Å². The van der Waals surface area contributed by atoms with Gasteiger partial charge < -0.3 is 0 Å². The molecule has 0 aliphatic carbocycles. The van der Waals surface area contributed by atoms with Crippen LogP contribution in [0.3, 0.4) is 0 Å². The van der Waals surface area contributed by atoms with E-state index in [2.05, 4.69) is 44.7 Å². The highest BCUT2D eigenvalue weighted by Crippen LogP contribution is 2.23. The van der Waals surface area contributed by atoms with Gasteiger partial charge in [0, 0.05) is 19.3 Å². The molecule has 0 bridgehead atoms. The summed E-state index contributed by atoms with van der Waals surface area (Å²) < 4.78 is 2.14. The van der Waals surface area contributed by atoms with Crippen molar-refractivity contribution in [1.29, 1.82) is 0 Å². The molecule has 1 heteroatoms. The third kappa shape index (κ3) is 3.86. The highest BCUT2D eigenvalue weighted by Gasteiger charge is 2.27. The Morgan fingerprint density at radius 3 is 2.20 bits per heavy atom. The molecule has 0 N–H and O–H groups in total. The molecule has 84 valence electrons. The zero-order chi connectivity index (χ0) is 12.1. The van der Waals surface area contributed by atoms with Gasteiger partial charge in [-0.15, -0.1) is 6.58 Å². The van der Waals surface area contributed by atoms with Crippen LogP contribution in [0.15, 0.2) is 37.2 Å². The lowest BCUT2D eigenvalue weighted by molar-refractivity contribution is -0.405. The van der Waals surface area contributed by atoms with Gasteiger partial charge in [0.05, 0.1) is 0 Å². The van der Waals surface area contributed by atoms with Gasteiger partial charge in [-0.25, -0.2) is 0 Å². The average Bonchev–Trinajstić information content (AvgIpc) is 2.12. The predicted octanol–water partition coefficient (Wildman–Crippen LogP) is 4.13. The summed E-state index contributed by atoms with van der Waals surface area (Å²) in [4.78, 5) is 0. The van der Waals surface area contributed by atoms with Crippen molar-refractivity contribution in [3.05, 3.63) is 37.2 Å². The number of rotatable bonds is 5. The third-order valence-corrected chi connectivity index (χ3v) is 2.70. The van der Waals surface area contributed by atoms with Crippen LogP contribution >= 0.6 is 0 Å². The van der Waals surface area contributed by atoms with Gasteiger partial charge in [0.1, 0.15) is 0 Å². The van der Waals surface area contributed by atoms with Crippen LogP contribution < -0.4 is 0 Å². The Balaban J connectivity index is 5.34. The van der Waals surface area contributed by atoms with Crippen LogP contribution in [0.5, 0.6) is 0 Å². The lowest BCUT2D eigenvalue weighted by Gasteiger charge is -2.20. The highest BCUT2D eigenvalue weighted by atomic mass is 15.0. The van der Waals surface area contributed by atoms with E-state index in [0.717, 1.165) is 12.1 Å². The smallest absolute Gasteiger partial charge is 0.173 e. The first-order valence-corrected chi connectivity index (χ1v) is 5.39. The number of allylic oxidation sites excluding steroid dienone is 3. The van der Waals surface area contributed by atoms with Crippen molar-refractivity contribution in [2.75, 3.05) is 0 Å². The molecule has 0 saturated heterocycles. The summed E-state index contributed by atoms with van der Waals surface area (Å²) in [6, 6.07) is 0. The molecular formula is C14H24N+. The minimum absolute atomic E-state index is 0.125. The van der Waals surface area contributed by atoms with Crippen LogP contribution in [0.25, 0.3) is 0 Å². The summed E-state index contributed by atoms with van der Waals surface area (Å²) in [5, 5.41) is 0. The molecule has 0 rings (SSSR count). The van der Waals surface area contributed by atoms with Crippen LogP contribution in [0, 0.1) is 5.41 Å². The maximum atomic E-state index is 4.00. The first-order chi connectivity index (χ1) is 6.86. The van der Waals surface area contributed by atoms with Crippen molar-refractivity contribution in [3.8, 4) is 0 Å². The van der Waals surface area contributed by atoms with Gasteiger partial charge in [-0.2, -0.15) is 4.58 Å². The normalized spacial score (nSPS) is 13.9. The molecule has 0 heterocycles. The Morgan fingerprint density at radius 1 is 1.33 bits per heavy atom. The lowest BCUT2D eigenvalue weighted by atomic mass is 9.84. The molecule has 0 unspecified atom stereocenters. The van der Waals surface area contributed by atoms with E-state index in [9.17, 15) is 0 Å². The van der Waals surface area contributed by atoms with Crippen molar-refractivity contribution < 1.29 is 4.58 Å². The molecule has 0 saturated carbocycles. The summed E-state index contributed by atoms with van der Waals surface area (Å²) in [6.45, 7) is 18.4. The molecule has 1 nitrogen and oxygen atoms in total. The SMILES string of the molecule is C=CCC(C)(C)/C(C)=[N+](/C=C\C)C(=C)C. The molecule has 0 amide bonds. The summed E-state index contributed by atoms with van der Waals surface area (Å²) in [7, 11) is 0. The summed E-state index contributed by atoms with van der Waals surface area (Å²) >= 11 is 0. The van der Waals surface area contributed by atoms with Gasteiger partial charge in [-0.05, 0) is 26.0 Å². The van der Waals surface area contributed by atoms with Gasteiger partial charge in [-0.3, -0.25) is 0 Å². The minimum Gasteiger partial charge on any atom is -0.173 e. The molecule has 0 radical (unpaired) electrons. The van der Waals surface area contributed by atoms with Crippen LogP contribution in [0.4, 0.5) is 0 Å². The quantitative estimate of drug-likeness (QED) is 0.361. The topological polar surface area (TPSA) is 3.01 Å². The van der Waals surface area contributed by atoms with Crippen molar-refractivity contribution in [2.24, 2.45) is 5.41 Å². The average molecular weight is 206 g/mol. The molecule has 15 heavy (non-hydrogen) atoms. The first-order valence-electron chi connectivity index (χ1n) is 5.39. The zero-order valence-corrected chi connectivity index (χ0v) is 10.8. The number of hydrogen-bond acceptors (Lipinski definition) is 0. The maximum absolute atomic E-state index is 4.00. The van der Waals surface area contributed by atoms with Crippen LogP contribution in [0.2, 0.25) is 0 Å². The van der Waals surface area contributed by atoms with Crippen molar-refractivity contribution in [3.63, 3.8) is 0 Å². The third-order valence-electron chi connectivity index (χ3n) is 2.70. The molecule has 0 aliphatic heterocycles. The predicted molar refractivity (Wildman–Crippen MR) is 69.2 cm³/mol. The monoisotopic (exact) mass is 206 g/mol. The minimum atomic E-state index is 0.125. The van der Waals surface area contributed by atoms with E-state index < -0.39 is 0 Å². The van der Waals surface area contributed by atoms with Gasteiger partial charge in [0.15, 0.2) is 17.6 Å². The Labute approximate surface area is 94.5 Å². The van der Waals surface area contributed by atoms with E-state index in [1.54, 1.807) is 0 Å². The molecule has 0 aromatic carbocycles. The van der Waals surface area contributed by atoms with E-state index in [-0.39, 0.29) is 5.41 Å². The molecular weight excluding hydrogens is 182 g/mol. The Hall–Kier alpha value is -1.11. The first kappa shape index (κ1) is 13.9. The van der Waals surface area contributed by atoms with Gasteiger partial charge in [-0.1, -0.05) is 19.9 Å². The molecule has 0 aromatic heterocycles. The largest absolute Gasteiger partial charge is 0.176 e. The summed E-state index contributed by atoms with van der Waals surface area (Å²) in [6.07, 6.45) is 7.03. The second-order valence-corrected chi connectivity index (χ2v) is 4.55. The fourth-order valence-electron chi connectivity index (χ4n) is 1.51. The lowest BCUT2D eigenvalue weighted by Crippen LogP contribution is -2.28. The second kappa shape index (κ2) is 5.69. The Morgan fingerprint density at radius 2 is 1.87 bits per heavy atom. The van der Waals surface area contributed by atoms with E-state index in [4.69, 9.17) is 0 Å². The highest BCUT2D eigenvalue weighted by molar-refractivity contribution is 5.83. The number of hydrogen-bond donors (Lipinski definition) is 0. The van der Waals surface area contributed by atoms with Gasteiger partial charge >= 0.3 is 0 Å². The standard InChI is InChI=1S/C14H24N/c1-8-10-14(6,7)13(5)15(11-9-2)12(3)4/h8-9,11H,1,3,10H2,2,4-7H3/q+1/b11-9-,15-13-. The zero-order valence-electron chi connectivity index (χ0n) is 10.8.